The van der Waals surface area contributed by atoms with Gasteiger partial charge in [-0.3, -0.25) is 0 Å². The van der Waals surface area contributed by atoms with Crippen LogP contribution in [-0.4, -0.2) is 54.1 Å². The van der Waals surface area contributed by atoms with Crippen LogP contribution in [0, 0.1) is 11.8 Å². The molecule has 2 aliphatic heterocycles. The van der Waals surface area contributed by atoms with Crippen molar-refractivity contribution in [2.75, 3.05) is 26.3 Å². The Labute approximate surface area is 108 Å². The molecule has 0 aromatic carbocycles. The van der Waals surface area contributed by atoms with Crippen molar-refractivity contribution in [3.8, 4) is 0 Å². The monoisotopic (exact) mass is 257 g/mol. The normalized spacial score (nSPS) is 32.2. The Kier molecular flexibility index (Phi) is 3.82. The van der Waals surface area contributed by atoms with Crippen LogP contribution < -0.4 is 0 Å². The number of ether oxygens (including phenoxy) is 2. The van der Waals surface area contributed by atoms with Crippen molar-refractivity contribution < 1.29 is 19.4 Å². The third-order valence-electron chi connectivity index (χ3n) is 3.47. The van der Waals surface area contributed by atoms with Crippen LogP contribution in [0.4, 0.5) is 4.79 Å². The Morgan fingerprint density at radius 2 is 2.17 bits per heavy atom. The van der Waals surface area contributed by atoms with Gasteiger partial charge in [0.05, 0.1) is 19.3 Å². The lowest BCUT2D eigenvalue weighted by Crippen LogP contribution is -2.36. The van der Waals surface area contributed by atoms with Crippen molar-refractivity contribution in [3.63, 3.8) is 0 Å². The predicted octanol–water partition coefficient (Wildman–Crippen LogP) is 1.25. The number of aliphatic hydroxyl groups is 1. The summed E-state index contributed by atoms with van der Waals surface area (Å²) in [4.78, 5) is 13.7. The van der Waals surface area contributed by atoms with Gasteiger partial charge in [-0.05, 0) is 27.2 Å². The molecule has 0 aromatic heterocycles. The quantitative estimate of drug-likeness (QED) is 0.768. The van der Waals surface area contributed by atoms with Gasteiger partial charge in [0.2, 0.25) is 0 Å². The second-order valence-electron chi connectivity index (χ2n) is 6.30. The molecule has 18 heavy (non-hydrogen) atoms. The van der Waals surface area contributed by atoms with Crippen LogP contribution in [0.5, 0.6) is 0 Å². The first-order valence-electron chi connectivity index (χ1n) is 6.59. The molecule has 5 heteroatoms. The van der Waals surface area contributed by atoms with Gasteiger partial charge in [0.25, 0.3) is 0 Å². The Morgan fingerprint density at radius 3 is 2.78 bits per heavy atom. The van der Waals surface area contributed by atoms with Crippen LogP contribution in [0.15, 0.2) is 0 Å². The van der Waals surface area contributed by atoms with Gasteiger partial charge in [0.15, 0.2) is 0 Å². The Bertz CT molecular complexity index is 313. The lowest BCUT2D eigenvalue weighted by atomic mass is 9.90. The molecule has 1 N–H and O–H groups in total. The van der Waals surface area contributed by atoms with E-state index in [4.69, 9.17) is 14.6 Å². The number of fused-ring (bicyclic) bond motifs is 1. The Morgan fingerprint density at radius 1 is 1.44 bits per heavy atom. The van der Waals surface area contributed by atoms with E-state index in [1.165, 1.54) is 0 Å². The largest absolute Gasteiger partial charge is 0.444 e. The number of hydrogen-bond acceptors (Lipinski definition) is 4. The van der Waals surface area contributed by atoms with Crippen LogP contribution in [-0.2, 0) is 9.47 Å². The average Bonchev–Trinajstić information content (AvgIpc) is 2.69. The van der Waals surface area contributed by atoms with E-state index in [0.717, 1.165) is 6.42 Å². The smallest absolute Gasteiger partial charge is 0.410 e. The van der Waals surface area contributed by atoms with E-state index < -0.39 is 5.60 Å². The van der Waals surface area contributed by atoms with Crippen LogP contribution in [0.25, 0.3) is 0 Å². The van der Waals surface area contributed by atoms with Gasteiger partial charge in [0.1, 0.15) is 5.60 Å². The highest BCUT2D eigenvalue weighted by Crippen LogP contribution is 2.31. The van der Waals surface area contributed by atoms with E-state index in [1.54, 1.807) is 4.90 Å². The molecule has 5 nitrogen and oxygen atoms in total. The first-order chi connectivity index (χ1) is 8.39. The molecule has 104 valence electrons. The molecule has 2 fully saturated rings. The number of carbonyl (C=O) groups is 1. The summed E-state index contributed by atoms with van der Waals surface area (Å²) < 4.78 is 11.1. The summed E-state index contributed by atoms with van der Waals surface area (Å²) in [6, 6.07) is 0. The summed E-state index contributed by atoms with van der Waals surface area (Å²) in [5.41, 5.74) is -0.459. The summed E-state index contributed by atoms with van der Waals surface area (Å²) in [7, 11) is 0. The van der Waals surface area contributed by atoms with E-state index >= 15 is 0 Å². The molecule has 0 bridgehead atoms. The molecule has 3 atom stereocenters. The van der Waals surface area contributed by atoms with E-state index in [-0.39, 0.29) is 24.7 Å². The molecule has 2 rings (SSSR count). The van der Waals surface area contributed by atoms with E-state index in [2.05, 4.69) is 0 Å². The number of amides is 1. The summed E-state index contributed by atoms with van der Waals surface area (Å²) in [6.45, 7) is 7.65. The van der Waals surface area contributed by atoms with Gasteiger partial charge in [-0.1, -0.05) is 0 Å². The van der Waals surface area contributed by atoms with Crippen LogP contribution in [0.1, 0.15) is 27.2 Å². The highest BCUT2D eigenvalue weighted by atomic mass is 16.6. The minimum Gasteiger partial charge on any atom is -0.444 e. The molecule has 2 saturated heterocycles. The highest BCUT2D eigenvalue weighted by molar-refractivity contribution is 5.68. The molecule has 0 saturated carbocycles. The fourth-order valence-electron chi connectivity index (χ4n) is 2.62. The van der Waals surface area contributed by atoms with Gasteiger partial charge < -0.3 is 19.5 Å². The number of rotatable bonds is 1. The fraction of sp³-hybridized carbons (Fsp3) is 0.923. The number of likely N-dealkylation sites (tertiary alicyclic amines) is 1. The van der Waals surface area contributed by atoms with Crippen molar-refractivity contribution in [3.05, 3.63) is 0 Å². The summed E-state index contributed by atoms with van der Waals surface area (Å²) >= 11 is 0. The molecule has 0 aromatic rings. The van der Waals surface area contributed by atoms with Crippen LogP contribution in [0.3, 0.4) is 0 Å². The average molecular weight is 257 g/mol. The molecule has 0 aliphatic carbocycles. The maximum absolute atomic E-state index is 12.0. The summed E-state index contributed by atoms with van der Waals surface area (Å²) in [6.07, 6.45) is 0.780. The van der Waals surface area contributed by atoms with E-state index in [9.17, 15) is 4.79 Å². The Balaban J connectivity index is 1.90. The zero-order valence-corrected chi connectivity index (χ0v) is 11.4. The van der Waals surface area contributed by atoms with Crippen LogP contribution >= 0.6 is 0 Å². The maximum Gasteiger partial charge on any atom is 0.410 e. The SMILES string of the molecule is CC(C)(C)OC(=O)N1CC2CC(CO)COC2C1. The minimum absolute atomic E-state index is 0.111. The lowest BCUT2D eigenvalue weighted by molar-refractivity contribution is -0.0464. The Hall–Kier alpha value is -0.810. The van der Waals surface area contributed by atoms with Gasteiger partial charge in [-0.15, -0.1) is 0 Å². The molecule has 0 spiro atoms. The lowest BCUT2D eigenvalue weighted by Gasteiger charge is -2.29. The van der Waals surface area contributed by atoms with Crippen molar-refractivity contribution in [1.29, 1.82) is 0 Å². The first kappa shape index (κ1) is 13.6. The first-order valence-corrected chi connectivity index (χ1v) is 6.59. The molecular weight excluding hydrogens is 234 g/mol. The van der Waals surface area contributed by atoms with Crippen molar-refractivity contribution in [2.24, 2.45) is 11.8 Å². The predicted molar refractivity (Wildman–Crippen MR) is 66.2 cm³/mol. The third-order valence-corrected chi connectivity index (χ3v) is 3.47. The summed E-state index contributed by atoms with van der Waals surface area (Å²) in [5.74, 6) is 0.549. The second-order valence-corrected chi connectivity index (χ2v) is 6.30. The molecule has 2 heterocycles. The number of aliphatic hydroxyl groups excluding tert-OH is 1. The van der Waals surface area contributed by atoms with Crippen molar-refractivity contribution in [1.82, 2.24) is 4.90 Å². The van der Waals surface area contributed by atoms with Gasteiger partial charge in [-0.2, -0.15) is 0 Å². The number of hydrogen-bond donors (Lipinski definition) is 1. The van der Waals surface area contributed by atoms with Gasteiger partial charge in [0, 0.05) is 25.0 Å². The van der Waals surface area contributed by atoms with Crippen molar-refractivity contribution in [2.45, 2.75) is 38.9 Å². The van der Waals surface area contributed by atoms with Gasteiger partial charge >= 0.3 is 6.09 Å². The molecular formula is C13H23NO4. The fourth-order valence-corrected chi connectivity index (χ4v) is 2.62. The van der Waals surface area contributed by atoms with E-state index in [1.807, 2.05) is 20.8 Å². The molecule has 3 unspecified atom stereocenters. The zero-order valence-electron chi connectivity index (χ0n) is 11.4. The highest BCUT2D eigenvalue weighted by Gasteiger charge is 2.41. The molecule has 2 aliphatic rings. The second kappa shape index (κ2) is 5.05. The van der Waals surface area contributed by atoms with Gasteiger partial charge in [-0.25, -0.2) is 4.79 Å². The number of nitrogens with zero attached hydrogens (tertiary/aromatic N) is 1. The van der Waals surface area contributed by atoms with E-state index in [0.29, 0.717) is 25.6 Å². The minimum atomic E-state index is -0.459. The maximum atomic E-state index is 12.0. The topological polar surface area (TPSA) is 59.0 Å². The zero-order chi connectivity index (χ0) is 13.3. The van der Waals surface area contributed by atoms with Crippen LogP contribution in [0.2, 0.25) is 0 Å². The molecule has 1 amide bonds. The standard InChI is InChI=1S/C13H23NO4/c1-13(2,3)18-12(16)14-5-10-4-9(7-15)8-17-11(10)6-14/h9-11,15H,4-8H2,1-3H3. The van der Waals surface area contributed by atoms with Crippen molar-refractivity contribution >= 4 is 6.09 Å². The number of carbonyl (C=O) groups excluding carboxylic acids is 1. The third kappa shape index (κ3) is 3.14. The summed E-state index contributed by atoms with van der Waals surface area (Å²) in [5, 5.41) is 9.15. The molecule has 0 radical (unpaired) electrons.